The van der Waals surface area contributed by atoms with E-state index in [-0.39, 0.29) is 12.1 Å². The van der Waals surface area contributed by atoms with Gasteiger partial charge in [-0.15, -0.1) is 0 Å². The van der Waals surface area contributed by atoms with Gasteiger partial charge in [-0.1, -0.05) is 13.8 Å². The third-order valence-corrected chi connectivity index (χ3v) is 5.30. The predicted molar refractivity (Wildman–Crippen MR) is 119 cm³/mol. The van der Waals surface area contributed by atoms with E-state index in [0.717, 1.165) is 25.7 Å². The maximum Gasteiger partial charge on any atom is 0.409 e. The summed E-state index contributed by atoms with van der Waals surface area (Å²) in [5, 5.41) is 9.81. The number of likely N-dealkylation sites (tertiary alicyclic amines) is 1. The lowest BCUT2D eigenvalue weighted by Crippen LogP contribution is -2.58. The number of alkyl carbamates (subject to hydrolysis) is 1. The molecule has 9 heteroatoms. The first kappa shape index (κ1) is 25.8. The molecule has 0 aromatic carbocycles. The van der Waals surface area contributed by atoms with Gasteiger partial charge in [-0.05, 0) is 53.4 Å². The molecule has 9 nitrogen and oxygen atoms in total. The first-order chi connectivity index (χ1) is 14.1. The van der Waals surface area contributed by atoms with E-state index in [0.29, 0.717) is 32.2 Å². The summed E-state index contributed by atoms with van der Waals surface area (Å²) in [6.07, 6.45) is 2.49. The highest BCUT2D eigenvalue weighted by molar-refractivity contribution is 5.80. The van der Waals surface area contributed by atoms with Crippen molar-refractivity contribution in [1.82, 2.24) is 20.9 Å². The highest BCUT2D eigenvalue weighted by Crippen LogP contribution is 2.17. The van der Waals surface area contributed by atoms with Crippen molar-refractivity contribution in [1.29, 1.82) is 0 Å². The maximum atomic E-state index is 12.3. The van der Waals surface area contributed by atoms with E-state index in [1.54, 1.807) is 11.9 Å². The minimum absolute atomic E-state index is 0.221. The molecule has 174 valence electrons. The Morgan fingerprint density at radius 2 is 1.70 bits per heavy atom. The Labute approximate surface area is 181 Å². The number of amides is 2. The lowest BCUT2D eigenvalue weighted by Gasteiger charge is -2.35. The summed E-state index contributed by atoms with van der Waals surface area (Å²) in [5.41, 5.74) is -0.978. The fourth-order valence-corrected chi connectivity index (χ4v) is 3.30. The monoisotopic (exact) mass is 427 g/mol. The van der Waals surface area contributed by atoms with Crippen molar-refractivity contribution in [2.45, 2.75) is 84.4 Å². The summed E-state index contributed by atoms with van der Waals surface area (Å²) >= 11 is 0. The van der Waals surface area contributed by atoms with Crippen molar-refractivity contribution in [3.63, 3.8) is 0 Å². The normalized spacial score (nSPS) is 16.1. The molecule has 0 spiro atoms. The number of ether oxygens (including phenoxy) is 2. The molecular formula is C21H41N5O4. The largest absolute Gasteiger partial charge is 0.450 e. The Hall–Kier alpha value is -2.19. The summed E-state index contributed by atoms with van der Waals surface area (Å²) in [6.45, 7) is 13.7. The van der Waals surface area contributed by atoms with Crippen LogP contribution in [0, 0.1) is 0 Å². The van der Waals surface area contributed by atoms with E-state index in [1.165, 1.54) is 0 Å². The van der Waals surface area contributed by atoms with Crippen molar-refractivity contribution < 1.29 is 19.1 Å². The second-order valence-electron chi connectivity index (χ2n) is 8.64. The Bertz CT molecular complexity index is 576. The van der Waals surface area contributed by atoms with Gasteiger partial charge in [0.25, 0.3) is 0 Å². The SMILES string of the molecule is CCOC(=O)N1CCC(NC(=NC)NCC(CC)(CC)NC(=O)OC(C)(C)C)CC1. The lowest BCUT2D eigenvalue weighted by molar-refractivity contribution is 0.0448. The third-order valence-electron chi connectivity index (χ3n) is 5.30. The van der Waals surface area contributed by atoms with Crippen molar-refractivity contribution in [2.75, 3.05) is 33.3 Å². The molecule has 0 bridgehead atoms. The van der Waals surface area contributed by atoms with Crippen LogP contribution in [0.25, 0.3) is 0 Å². The molecule has 1 aliphatic rings. The Morgan fingerprint density at radius 3 is 2.17 bits per heavy atom. The van der Waals surface area contributed by atoms with E-state index in [4.69, 9.17) is 9.47 Å². The number of hydrogen-bond acceptors (Lipinski definition) is 5. The third kappa shape index (κ3) is 8.67. The summed E-state index contributed by atoms with van der Waals surface area (Å²) in [6, 6.07) is 0.221. The predicted octanol–water partition coefficient (Wildman–Crippen LogP) is 2.86. The molecule has 0 radical (unpaired) electrons. The van der Waals surface area contributed by atoms with Crippen molar-refractivity contribution in [3.05, 3.63) is 0 Å². The molecule has 0 aliphatic carbocycles. The van der Waals surface area contributed by atoms with Gasteiger partial charge in [0.05, 0.1) is 12.1 Å². The second-order valence-corrected chi connectivity index (χ2v) is 8.64. The Morgan fingerprint density at radius 1 is 1.10 bits per heavy atom. The van der Waals surface area contributed by atoms with E-state index in [1.807, 2.05) is 41.5 Å². The highest BCUT2D eigenvalue weighted by Gasteiger charge is 2.31. The van der Waals surface area contributed by atoms with Gasteiger partial charge >= 0.3 is 12.2 Å². The fraction of sp³-hybridized carbons (Fsp3) is 0.857. The number of piperidine rings is 1. The molecule has 1 saturated heterocycles. The molecule has 1 rings (SSSR count). The summed E-state index contributed by atoms with van der Waals surface area (Å²) in [7, 11) is 1.73. The minimum atomic E-state index is -0.541. The van der Waals surface area contributed by atoms with E-state index >= 15 is 0 Å². The van der Waals surface area contributed by atoms with E-state index < -0.39 is 17.2 Å². The molecule has 3 N–H and O–H groups in total. The van der Waals surface area contributed by atoms with Crippen LogP contribution in [-0.4, -0.2) is 73.5 Å². The Balaban J connectivity index is 2.58. The summed E-state index contributed by atoms with van der Waals surface area (Å²) in [4.78, 5) is 30.2. The van der Waals surface area contributed by atoms with Gasteiger partial charge in [-0.3, -0.25) is 4.99 Å². The lowest BCUT2D eigenvalue weighted by atomic mass is 9.93. The molecule has 30 heavy (non-hydrogen) atoms. The average molecular weight is 428 g/mol. The van der Waals surface area contributed by atoms with Crippen LogP contribution < -0.4 is 16.0 Å². The average Bonchev–Trinajstić information content (AvgIpc) is 2.69. The number of guanidine groups is 1. The minimum Gasteiger partial charge on any atom is -0.450 e. The van der Waals surface area contributed by atoms with Crippen LogP contribution in [0.3, 0.4) is 0 Å². The van der Waals surface area contributed by atoms with Gasteiger partial charge in [0.1, 0.15) is 5.60 Å². The van der Waals surface area contributed by atoms with Gasteiger partial charge in [0.15, 0.2) is 5.96 Å². The topological polar surface area (TPSA) is 104 Å². The van der Waals surface area contributed by atoms with Crippen LogP contribution in [0.2, 0.25) is 0 Å². The van der Waals surface area contributed by atoms with E-state index in [2.05, 4.69) is 20.9 Å². The van der Waals surface area contributed by atoms with Crippen LogP contribution in [0.4, 0.5) is 9.59 Å². The van der Waals surface area contributed by atoms with Crippen LogP contribution in [0.5, 0.6) is 0 Å². The smallest absolute Gasteiger partial charge is 0.409 e. The fourth-order valence-electron chi connectivity index (χ4n) is 3.30. The molecule has 0 atom stereocenters. The summed E-state index contributed by atoms with van der Waals surface area (Å²) in [5.74, 6) is 0.682. The molecule has 0 saturated carbocycles. The molecule has 2 amide bonds. The van der Waals surface area contributed by atoms with Crippen molar-refractivity contribution >= 4 is 18.1 Å². The maximum absolute atomic E-state index is 12.3. The highest BCUT2D eigenvalue weighted by atomic mass is 16.6. The van der Waals surface area contributed by atoms with Crippen LogP contribution in [-0.2, 0) is 9.47 Å². The van der Waals surface area contributed by atoms with Crippen molar-refractivity contribution in [2.24, 2.45) is 4.99 Å². The Kier molecular flexibility index (Phi) is 10.2. The van der Waals surface area contributed by atoms with Crippen molar-refractivity contribution in [3.8, 4) is 0 Å². The molecule has 1 aliphatic heterocycles. The molecule has 0 aromatic heterocycles. The van der Waals surface area contributed by atoms with Gasteiger partial charge < -0.3 is 30.3 Å². The first-order valence-electron chi connectivity index (χ1n) is 11.0. The second kappa shape index (κ2) is 11.9. The summed E-state index contributed by atoms with van der Waals surface area (Å²) < 4.78 is 10.5. The number of hydrogen-bond donors (Lipinski definition) is 3. The van der Waals surface area contributed by atoms with Gasteiger partial charge in [0, 0.05) is 32.7 Å². The zero-order valence-electron chi connectivity index (χ0n) is 19.8. The zero-order valence-corrected chi connectivity index (χ0v) is 19.8. The van der Waals surface area contributed by atoms with Gasteiger partial charge in [0.2, 0.25) is 0 Å². The van der Waals surface area contributed by atoms with Crippen LogP contribution >= 0.6 is 0 Å². The molecular weight excluding hydrogens is 386 g/mol. The van der Waals surface area contributed by atoms with Crippen LogP contribution in [0.15, 0.2) is 4.99 Å². The zero-order chi connectivity index (χ0) is 22.8. The molecule has 0 unspecified atom stereocenters. The van der Waals surface area contributed by atoms with E-state index in [9.17, 15) is 9.59 Å². The van der Waals surface area contributed by atoms with Crippen LogP contribution in [0.1, 0.15) is 67.2 Å². The number of nitrogens with zero attached hydrogens (tertiary/aromatic N) is 2. The van der Waals surface area contributed by atoms with Gasteiger partial charge in [-0.2, -0.15) is 0 Å². The number of nitrogens with one attached hydrogen (secondary N) is 3. The number of rotatable bonds is 7. The molecule has 1 heterocycles. The number of carbonyl (C=O) groups excluding carboxylic acids is 2. The quantitative estimate of drug-likeness (QED) is 0.426. The molecule has 0 aromatic rings. The van der Waals surface area contributed by atoms with Gasteiger partial charge in [-0.25, -0.2) is 9.59 Å². The number of carbonyl (C=O) groups is 2. The number of aliphatic imine (C=N–C) groups is 1. The standard InChI is InChI=1S/C21H41N5O4/c1-8-21(9-2,25-18(27)30-20(4,5)6)15-23-17(22-7)24-16-11-13-26(14-12-16)19(28)29-10-3/h16H,8-15H2,1-7H3,(H,25,27)(H2,22,23,24). The first-order valence-corrected chi connectivity index (χ1v) is 11.0. The molecule has 1 fully saturated rings.